The normalized spacial score (nSPS) is 11.6. The molecule has 0 aliphatic rings. The van der Waals surface area contributed by atoms with Gasteiger partial charge in [-0.05, 0) is 42.0 Å². The van der Waals surface area contributed by atoms with Gasteiger partial charge in [0.05, 0.1) is 22.1 Å². The van der Waals surface area contributed by atoms with E-state index in [9.17, 15) is 9.00 Å². The van der Waals surface area contributed by atoms with Crippen molar-refractivity contribution in [2.45, 2.75) is 10.6 Å². The lowest BCUT2D eigenvalue weighted by atomic mass is 10.2. The Kier molecular flexibility index (Phi) is 4.23. The highest BCUT2D eigenvalue weighted by Crippen LogP contribution is 2.14. The smallest absolute Gasteiger partial charge is 0.335 e. The molecule has 1 aromatic carbocycles. The maximum atomic E-state index is 12.2. The number of hydrogen-bond donors (Lipinski definition) is 1. The van der Waals surface area contributed by atoms with E-state index < -0.39 is 16.8 Å². The molecule has 0 saturated heterocycles. The minimum absolute atomic E-state index is 0.154. The van der Waals surface area contributed by atoms with Crippen molar-refractivity contribution in [3.8, 4) is 6.07 Å². The minimum atomic E-state index is -1.30. The van der Waals surface area contributed by atoms with E-state index in [4.69, 9.17) is 10.4 Å². The van der Waals surface area contributed by atoms with Gasteiger partial charge in [-0.15, -0.1) is 0 Å². The van der Waals surface area contributed by atoms with E-state index in [2.05, 4.69) is 4.98 Å². The SMILES string of the molecule is N#Cc1cc(CS(=O)c2ccc(C(=O)O)cc2)ccn1. The van der Waals surface area contributed by atoms with Gasteiger partial charge in [0, 0.05) is 11.1 Å². The molecule has 0 radical (unpaired) electrons. The van der Waals surface area contributed by atoms with E-state index in [1.54, 1.807) is 12.1 Å². The summed E-state index contributed by atoms with van der Waals surface area (Å²) in [6.07, 6.45) is 1.50. The van der Waals surface area contributed by atoms with Crippen molar-refractivity contribution in [3.63, 3.8) is 0 Å². The molecule has 1 atom stereocenters. The Balaban J connectivity index is 2.15. The van der Waals surface area contributed by atoms with Gasteiger partial charge in [0.1, 0.15) is 11.8 Å². The Morgan fingerprint density at radius 3 is 2.60 bits per heavy atom. The summed E-state index contributed by atoms with van der Waals surface area (Å²) in [4.78, 5) is 15.1. The third-order valence-electron chi connectivity index (χ3n) is 2.60. The van der Waals surface area contributed by atoms with E-state index in [1.165, 1.54) is 30.5 Å². The van der Waals surface area contributed by atoms with E-state index in [0.717, 1.165) is 5.56 Å². The standard InChI is InChI=1S/C14H10N2O3S/c15-8-12-7-10(5-6-16-12)9-20(19)13-3-1-11(2-4-13)14(17)18/h1-7H,9H2,(H,17,18). The van der Waals surface area contributed by atoms with Crippen molar-refractivity contribution in [2.75, 3.05) is 0 Å². The molecule has 0 spiro atoms. The largest absolute Gasteiger partial charge is 0.478 e. The summed E-state index contributed by atoms with van der Waals surface area (Å²) in [7, 11) is -1.30. The summed E-state index contributed by atoms with van der Waals surface area (Å²) >= 11 is 0. The molecular formula is C14H10N2O3S. The Labute approximate surface area is 118 Å². The molecule has 5 nitrogen and oxygen atoms in total. The van der Waals surface area contributed by atoms with Gasteiger partial charge in [0.25, 0.3) is 0 Å². The van der Waals surface area contributed by atoms with Gasteiger partial charge >= 0.3 is 5.97 Å². The molecular weight excluding hydrogens is 276 g/mol. The van der Waals surface area contributed by atoms with Crippen LogP contribution in [0.3, 0.4) is 0 Å². The second kappa shape index (κ2) is 6.08. The minimum Gasteiger partial charge on any atom is -0.478 e. The maximum absolute atomic E-state index is 12.2. The first-order chi connectivity index (χ1) is 9.60. The maximum Gasteiger partial charge on any atom is 0.335 e. The second-order valence-corrected chi connectivity index (χ2v) is 5.43. The Morgan fingerprint density at radius 1 is 1.30 bits per heavy atom. The van der Waals surface area contributed by atoms with Gasteiger partial charge in [-0.3, -0.25) is 4.21 Å². The number of nitrogens with zero attached hydrogens (tertiary/aromatic N) is 2. The van der Waals surface area contributed by atoms with Crippen LogP contribution >= 0.6 is 0 Å². The van der Waals surface area contributed by atoms with Gasteiger partial charge in [-0.25, -0.2) is 9.78 Å². The Hall–Kier alpha value is -2.52. The molecule has 1 unspecified atom stereocenters. The molecule has 0 aliphatic carbocycles. The highest BCUT2D eigenvalue weighted by Gasteiger charge is 2.08. The zero-order valence-corrected chi connectivity index (χ0v) is 11.1. The molecule has 6 heteroatoms. The molecule has 20 heavy (non-hydrogen) atoms. The molecule has 1 N–H and O–H groups in total. The summed E-state index contributed by atoms with van der Waals surface area (Å²) in [5, 5.41) is 17.5. The highest BCUT2D eigenvalue weighted by molar-refractivity contribution is 7.84. The van der Waals surface area contributed by atoms with Crippen molar-refractivity contribution >= 4 is 16.8 Å². The number of benzene rings is 1. The molecule has 2 rings (SSSR count). The fourth-order valence-electron chi connectivity index (χ4n) is 1.61. The number of pyridine rings is 1. The lowest BCUT2D eigenvalue weighted by Crippen LogP contribution is -2.00. The van der Waals surface area contributed by atoms with Crippen LogP contribution in [-0.2, 0) is 16.6 Å². The van der Waals surface area contributed by atoms with Crippen LogP contribution < -0.4 is 0 Å². The first kappa shape index (κ1) is 13.9. The summed E-state index contributed by atoms with van der Waals surface area (Å²) in [6, 6.07) is 11.1. The number of aromatic carboxylic acids is 1. The van der Waals surface area contributed by atoms with Crippen LogP contribution in [0.5, 0.6) is 0 Å². The number of carboxylic acid groups (broad SMARTS) is 1. The van der Waals surface area contributed by atoms with Crippen LogP contribution in [0.4, 0.5) is 0 Å². The molecule has 1 heterocycles. The van der Waals surface area contributed by atoms with Gasteiger partial charge in [-0.1, -0.05) is 0 Å². The molecule has 0 aliphatic heterocycles. The van der Waals surface area contributed by atoms with Crippen LogP contribution in [0.25, 0.3) is 0 Å². The van der Waals surface area contributed by atoms with Crippen molar-refractivity contribution < 1.29 is 14.1 Å². The van der Waals surface area contributed by atoms with E-state index in [0.29, 0.717) is 4.90 Å². The van der Waals surface area contributed by atoms with Gasteiger partial charge < -0.3 is 5.11 Å². The molecule has 0 amide bonds. The predicted octanol–water partition coefficient (Wildman–Crippen LogP) is 1.96. The van der Waals surface area contributed by atoms with E-state index >= 15 is 0 Å². The monoisotopic (exact) mass is 286 g/mol. The van der Waals surface area contributed by atoms with Gasteiger partial charge in [-0.2, -0.15) is 5.26 Å². The van der Waals surface area contributed by atoms with Crippen molar-refractivity contribution in [3.05, 3.63) is 59.4 Å². The zero-order valence-electron chi connectivity index (χ0n) is 10.3. The van der Waals surface area contributed by atoms with Gasteiger partial charge in [0.15, 0.2) is 0 Å². The Bertz CT molecular complexity index is 705. The highest BCUT2D eigenvalue weighted by atomic mass is 32.2. The molecule has 100 valence electrons. The Morgan fingerprint density at radius 2 is 2.00 bits per heavy atom. The van der Waals surface area contributed by atoms with Crippen LogP contribution in [0.2, 0.25) is 0 Å². The van der Waals surface area contributed by atoms with Crippen LogP contribution in [0, 0.1) is 11.3 Å². The topological polar surface area (TPSA) is 91.0 Å². The summed E-state index contributed by atoms with van der Waals surface area (Å²) < 4.78 is 12.2. The lowest BCUT2D eigenvalue weighted by Gasteiger charge is -2.03. The third-order valence-corrected chi connectivity index (χ3v) is 3.99. The van der Waals surface area contributed by atoms with Crippen molar-refractivity contribution in [2.24, 2.45) is 0 Å². The van der Waals surface area contributed by atoms with Crippen LogP contribution in [0.1, 0.15) is 21.6 Å². The molecule has 1 aromatic heterocycles. The van der Waals surface area contributed by atoms with Crippen LogP contribution in [-0.4, -0.2) is 20.3 Å². The number of rotatable bonds is 4. The van der Waals surface area contributed by atoms with Gasteiger partial charge in [0.2, 0.25) is 0 Å². The fraction of sp³-hybridized carbons (Fsp3) is 0.0714. The van der Waals surface area contributed by atoms with Crippen molar-refractivity contribution in [1.29, 1.82) is 5.26 Å². The molecule has 2 aromatic rings. The zero-order chi connectivity index (χ0) is 14.5. The van der Waals surface area contributed by atoms with Crippen molar-refractivity contribution in [1.82, 2.24) is 4.98 Å². The lowest BCUT2D eigenvalue weighted by molar-refractivity contribution is 0.0697. The predicted molar refractivity (Wildman–Crippen MR) is 72.5 cm³/mol. The van der Waals surface area contributed by atoms with E-state index in [1.807, 2.05) is 6.07 Å². The first-order valence-corrected chi connectivity index (χ1v) is 6.99. The number of nitriles is 1. The first-order valence-electron chi connectivity index (χ1n) is 5.67. The summed E-state index contributed by atoms with van der Waals surface area (Å²) in [5.41, 5.74) is 1.18. The second-order valence-electron chi connectivity index (χ2n) is 3.98. The van der Waals surface area contributed by atoms with Crippen LogP contribution in [0.15, 0.2) is 47.5 Å². The third kappa shape index (κ3) is 3.28. The number of carboxylic acids is 1. The number of hydrogen-bond acceptors (Lipinski definition) is 4. The number of carbonyl (C=O) groups is 1. The molecule has 0 saturated carbocycles. The van der Waals surface area contributed by atoms with E-state index in [-0.39, 0.29) is 17.0 Å². The number of aromatic nitrogens is 1. The fourth-order valence-corrected chi connectivity index (χ4v) is 2.70. The summed E-state index contributed by atoms with van der Waals surface area (Å²) in [6.45, 7) is 0. The average Bonchev–Trinajstić information content (AvgIpc) is 2.47. The average molecular weight is 286 g/mol. The quantitative estimate of drug-likeness (QED) is 0.927. The molecule has 0 bridgehead atoms. The summed E-state index contributed by atoms with van der Waals surface area (Å²) in [5.74, 6) is -0.765. The molecule has 0 fully saturated rings.